The second kappa shape index (κ2) is 9.05. The number of pyridine rings is 2. The molecule has 7 nitrogen and oxygen atoms in total. The first-order valence-corrected chi connectivity index (χ1v) is 10.7. The predicted octanol–water partition coefficient (Wildman–Crippen LogP) is 5.25. The largest absolute Gasteiger partial charge is 0.491 e. The quantitative estimate of drug-likeness (QED) is 0.302. The minimum absolute atomic E-state index is 0.00355. The third kappa shape index (κ3) is 5.22. The molecule has 0 spiro atoms. The summed E-state index contributed by atoms with van der Waals surface area (Å²) in [5.41, 5.74) is 8.17. The van der Waals surface area contributed by atoms with Gasteiger partial charge in [0.05, 0.1) is 19.4 Å². The molecule has 8 heteroatoms. The standard InChI is InChI=1S/C25H27FN4O3/c1-25(2,3)14-32-16-12-20-18(8-10-31-24(27)28)19-11-15(17-5-4-9-29-22(17)26)6-7-21(19)33-23(20)30-13-16/h4-7,9,11-13,18H,8,10,14H2,1-3H3,(H3,27,28). The lowest BCUT2D eigenvalue weighted by Crippen LogP contribution is -2.19. The van der Waals surface area contributed by atoms with E-state index in [4.69, 9.17) is 25.4 Å². The molecule has 0 amide bonds. The summed E-state index contributed by atoms with van der Waals surface area (Å²) in [5.74, 6) is 1.06. The molecule has 3 aromatic rings. The minimum atomic E-state index is -0.537. The van der Waals surface area contributed by atoms with Gasteiger partial charge in [-0.2, -0.15) is 4.39 Å². The lowest BCUT2D eigenvalue weighted by Gasteiger charge is -2.28. The molecule has 3 N–H and O–H groups in total. The highest BCUT2D eigenvalue weighted by Gasteiger charge is 2.30. The number of hydrogen-bond donors (Lipinski definition) is 2. The third-order valence-corrected chi connectivity index (χ3v) is 5.23. The highest BCUT2D eigenvalue weighted by molar-refractivity contribution is 5.68. The molecule has 172 valence electrons. The van der Waals surface area contributed by atoms with Crippen LogP contribution in [0.1, 0.15) is 44.2 Å². The van der Waals surface area contributed by atoms with E-state index in [0.29, 0.717) is 41.5 Å². The fourth-order valence-electron chi connectivity index (χ4n) is 3.71. The summed E-state index contributed by atoms with van der Waals surface area (Å²) in [5, 5.41) is 7.37. The van der Waals surface area contributed by atoms with Crippen LogP contribution in [-0.4, -0.2) is 29.2 Å². The summed E-state index contributed by atoms with van der Waals surface area (Å²) in [6.07, 6.45) is 3.59. The van der Waals surface area contributed by atoms with E-state index in [1.54, 1.807) is 24.4 Å². The van der Waals surface area contributed by atoms with Gasteiger partial charge in [0, 0.05) is 28.8 Å². The number of hydrogen-bond acceptors (Lipinski definition) is 6. The van der Waals surface area contributed by atoms with Crippen molar-refractivity contribution in [3.05, 3.63) is 65.9 Å². The molecular weight excluding hydrogens is 423 g/mol. The zero-order chi connectivity index (χ0) is 23.6. The average Bonchev–Trinajstić information content (AvgIpc) is 2.76. The SMILES string of the molecule is CC(C)(C)COc1cnc2c(c1)C(CCOC(=N)N)c1cc(-c3cccnc3F)ccc1O2. The normalized spacial score (nSPS) is 14.6. The van der Waals surface area contributed by atoms with Crippen molar-refractivity contribution in [2.45, 2.75) is 33.1 Å². The van der Waals surface area contributed by atoms with E-state index < -0.39 is 5.95 Å². The van der Waals surface area contributed by atoms with Crippen molar-refractivity contribution in [3.8, 4) is 28.5 Å². The number of halogens is 1. The van der Waals surface area contributed by atoms with Crippen molar-refractivity contribution < 1.29 is 18.6 Å². The summed E-state index contributed by atoms with van der Waals surface area (Å²) in [6, 6.07) is 10.5. The number of ether oxygens (including phenoxy) is 3. The number of aromatic nitrogens is 2. The zero-order valence-corrected chi connectivity index (χ0v) is 18.9. The summed E-state index contributed by atoms with van der Waals surface area (Å²) in [4.78, 5) is 8.24. The number of benzene rings is 1. The summed E-state index contributed by atoms with van der Waals surface area (Å²) in [6.45, 7) is 7.06. The van der Waals surface area contributed by atoms with Gasteiger partial charge in [0.15, 0.2) is 0 Å². The Balaban J connectivity index is 1.73. The van der Waals surface area contributed by atoms with Crippen molar-refractivity contribution in [1.82, 2.24) is 9.97 Å². The van der Waals surface area contributed by atoms with Crippen LogP contribution >= 0.6 is 0 Å². The molecule has 0 saturated heterocycles. The highest BCUT2D eigenvalue weighted by atomic mass is 19.1. The van der Waals surface area contributed by atoms with Gasteiger partial charge in [-0.3, -0.25) is 5.41 Å². The maximum atomic E-state index is 14.3. The Bertz CT molecular complexity index is 1180. The van der Waals surface area contributed by atoms with Crippen LogP contribution in [0.15, 0.2) is 48.8 Å². The van der Waals surface area contributed by atoms with Crippen molar-refractivity contribution in [3.63, 3.8) is 0 Å². The van der Waals surface area contributed by atoms with Crippen LogP contribution in [0.2, 0.25) is 0 Å². The Morgan fingerprint density at radius 3 is 2.73 bits per heavy atom. The van der Waals surface area contributed by atoms with Crippen molar-refractivity contribution in [2.75, 3.05) is 13.2 Å². The Kier molecular flexibility index (Phi) is 6.18. The van der Waals surface area contributed by atoms with Gasteiger partial charge in [-0.1, -0.05) is 26.8 Å². The zero-order valence-electron chi connectivity index (χ0n) is 18.9. The van der Waals surface area contributed by atoms with Gasteiger partial charge in [-0.25, -0.2) is 9.97 Å². The van der Waals surface area contributed by atoms with E-state index in [1.165, 1.54) is 6.20 Å². The lowest BCUT2D eigenvalue weighted by molar-refractivity contribution is 0.196. The number of nitrogens with zero attached hydrogens (tertiary/aromatic N) is 2. The molecule has 1 aliphatic heterocycles. The third-order valence-electron chi connectivity index (χ3n) is 5.23. The second-order valence-corrected chi connectivity index (χ2v) is 9.17. The van der Waals surface area contributed by atoms with Gasteiger partial charge in [0.1, 0.15) is 11.5 Å². The van der Waals surface area contributed by atoms with Crippen molar-refractivity contribution in [2.24, 2.45) is 11.1 Å². The van der Waals surface area contributed by atoms with Gasteiger partial charge in [0.2, 0.25) is 11.8 Å². The molecule has 1 aliphatic rings. The van der Waals surface area contributed by atoms with E-state index in [-0.39, 0.29) is 24.0 Å². The molecule has 1 aromatic carbocycles. The van der Waals surface area contributed by atoms with Crippen LogP contribution in [0.3, 0.4) is 0 Å². The molecule has 0 fully saturated rings. The Hall–Kier alpha value is -3.68. The van der Waals surface area contributed by atoms with E-state index in [0.717, 1.165) is 11.1 Å². The van der Waals surface area contributed by atoms with Crippen molar-refractivity contribution in [1.29, 1.82) is 5.41 Å². The smallest absolute Gasteiger partial charge is 0.278 e. The van der Waals surface area contributed by atoms with Crippen LogP contribution in [0, 0.1) is 16.8 Å². The molecule has 3 heterocycles. The van der Waals surface area contributed by atoms with Gasteiger partial charge in [0.25, 0.3) is 6.02 Å². The van der Waals surface area contributed by atoms with Crippen LogP contribution in [0.25, 0.3) is 11.1 Å². The van der Waals surface area contributed by atoms with E-state index in [1.807, 2.05) is 18.2 Å². The molecule has 0 saturated carbocycles. The topological polar surface area (TPSA) is 103 Å². The minimum Gasteiger partial charge on any atom is -0.491 e. The first-order valence-electron chi connectivity index (χ1n) is 10.7. The molecule has 2 aromatic heterocycles. The first kappa shape index (κ1) is 22.5. The highest BCUT2D eigenvalue weighted by Crippen LogP contribution is 2.47. The molecule has 0 radical (unpaired) electrons. The number of amidine groups is 1. The Morgan fingerprint density at radius 1 is 1.18 bits per heavy atom. The maximum absolute atomic E-state index is 14.3. The summed E-state index contributed by atoms with van der Waals surface area (Å²) < 4.78 is 31.6. The average molecular weight is 451 g/mol. The Morgan fingerprint density at radius 2 is 2.00 bits per heavy atom. The number of rotatable bonds is 6. The van der Waals surface area contributed by atoms with Gasteiger partial charge >= 0.3 is 0 Å². The lowest BCUT2D eigenvalue weighted by atomic mass is 9.85. The van der Waals surface area contributed by atoms with Crippen LogP contribution in [-0.2, 0) is 4.74 Å². The van der Waals surface area contributed by atoms with E-state index in [2.05, 4.69) is 30.7 Å². The predicted molar refractivity (Wildman–Crippen MR) is 123 cm³/mol. The van der Waals surface area contributed by atoms with E-state index >= 15 is 0 Å². The molecular formula is C25H27FN4O3. The molecule has 1 unspecified atom stereocenters. The monoisotopic (exact) mass is 450 g/mol. The molecule has 0 aliphatic carbocycles. The summed E-state index contributed by atoms with van der Waals surface area (Å²) >= 11 is 0. The van der Waals surface area contributed by atoms with Crippen LogP contribution in [0.5, 0.6) is 17.4 Å². The number of fused-ring (bicyclic) bond motifs is 2. The van der Waals surface area contributed by atoms with Gasteiger partial charge < -0.3 is 19.9 Å². The maximum Gasteiger partial charge on any atom is 0.278 e. The molecule has 1 atom stereocenters. The van der Waals surface area contributed by atoms with Gasteiger partial charge in [-0.05, 0) is 47.7 Å². The molecule has 4 rings (SSSR count). The first-order chi connectivity index (χ1) is 15.7. The Labute approximate surface area is 192 Å². The van der Waals surface area contributed by atoms with Crippen LogP contribution < -0.4 is 15.2 Å². The second-order valence-electron chi connectivity index (χ2n) is 9.17. The van der Waals surface area contributed by atoms with E-state index in [9.17, 15) is 4.39 Å². The van der Waals surface area contributed by atoms with Gasteiger partial charge in [-0.15, -0.1) is 0 Å². The summed E-state index contributed by atoms with van der Waals surface area (Å²) in [7, 11) is 0. The number of nitrogens with one attached hydrogen (secondary N) is 1. The fourth-order valence-corrected chi connectivity index (χ4v) is 3.71. The van der Waals surface area contributed by atoms with Crippen LogP contribution in [0.4, 0.5) is 4.39 Å². The fraction of sp³-hybridized carbons (Fsp3) is 0.320. The molecule has 0 bridgehead atoms. The number of nitrogens with two attached hydrogens (primary N) is 1. The van der Waals surface area contributed by atoms with Crippen molar-refractivity contribution >= 4 is 6.02 Å². The molecule has 33 heavy (non-hydrogen) atoms.